The molecule has 3 fully saturated rings. The third kappa shape index (κ3) is 5.55. The quantitative estimate of drug-likeness (QED) is 0.436. The number of pyridine rings is 1. The molecule has 2 aliphatic heterocycles. The van der Waals surface area contributed by atoms with E-state index < -0.39 is 11.7 Å². The first kappa shape index (κ1) is 28.4. The number of carbonyl (C=O) groups is 2. The van der Waals surface area contributed by atoms with E-state index in [-0.39, 0.29) is 52.1 Å². The van der Waals surface area contributed by atoms with Crippen molar-refractivity contribution >= 4 is 46.6 Å². The normalized spacial score (nSPS) is 23.4. The molecule has 5 heterocycles. The van der Waals surface area contributed by atoms with E-state index in [2.05, 4.69) is 20.7 Å². The van der Waals surface area contributed by atoms with Gasteiger partial charge in [0.25, 0.3) is 11.5 Å². The van der Waals surface area contributed by atoms with Gasteiger partial charge >= 0.3 is 6.09 Å². The molecule has 6 rings (SSSR count). The highest BCUT2D eigenvalue weighted by molar-refractivity contribution is 6.30. The van der Waals surface area contributed by atoms with Crippen LogP contribution in [0.5, 0.6) is 0 Å². The minimum absolute atomic E-state index is 0.0418. The summed E-state index contributed by atoms with van der Waals surface area (Å²) in [6, 6.07) is 2.97. The first-order valence-corrected chi connectivity index (χ1v) is 14.4. The van der Waals surface area contributed by atoms with Crippen molar-refractivity contribution < 1.29 is 23.8 Å². The molecule has 4 atom stereocenters. The van der Waals surface area contributed by atoms with Crippen LogP contribution in [0.1, 0.15) is 50.0 Å². The number of aromatic nitrogens is 4. The average Bonchev–Trinajstić information content (AvgIpc) is 3.27. The van der Waals surface area contributed by atoms with E-state index in [4.69, 9.17) is 25.8 Å². The van der Waals surface area contributed by atoms with Crippen LogP contribution in [0.25, 0.3) is 5.65 Å². The number of carbonyl (C=O) groups excluding carboxylic acids is 2. The predicted octanol–water partition coefficient (Wildman–Crippen LogP) is 3.39. The van der Waals surface area contributed by atoms with E-state index in [1.54, 1.807) is 37.6 Å². The first-order chi connectivity index (χ1) is 20.0. The molecular formula is C28H34ClN7O6. The van der Waals surface area contributed by atoms with Crippen molar-refractivity contribution in [1.82, 2.24) is 24.5 Å². The molecule has 1 aliphatic carbocycles. The molecule has 1 saturated carbocycles. The molecule has 42 heavy (non-hydrogen) atoms. The van der Waals surface area contributed by atoms with Gasteiger partial charge < -0.3 is 29.4 Å². The van der Waals surface area contributed by atoms with Gasteiger partial charge in [0, 0.05) is 43.8 Å². The largest absolute Gasteiger partial charge is 0.443 e. The van der Waals surface area contributed by atoms with Crippen LogP contribution in [0.4, 0.5) is 22.1 Å². The van der Waals surface area contributed by atoms with Crippen molar-refractivity contribution in [3.05, 3.63) is 45.5 Å². The molecule has 1 unspecified atom stereocenters. The molecule has 224 valence electrons. The summed E-state index contributed by atoms with van der Waals surface area (Å²) in [5.41, 5.74) is -0.423. The lowest BCUT2D eigenvalue weighted by Crippen LogP contribution is -2.35. The zero-order valence-corrected chi connectivity index (χ0v) is 24.7. The third-order valence-electron chi connectivity index (χ3n) is 7.76. The van der Waals surface area contributed by atoms with Gasteiger partial charge in [-0.2, -0.15) is 9.61 Å². The van der Waals surface area contributed by atoms with Gasteiger partial charge in [0.2, 0.25) is 0 Å². The predicted molar refractivity (Wildman–Crippen MR) is 155 cm³/mol. The van der Waals surface area contributed by atoms with Crippen molar-refractivity contribution in [1.29, 1.82) is 0 Å². The standard InChI is InChI=1S/C28H34ClN7O6/c1-28(2,3)42-27(39)34(4)22-9-21(31-20-8-15(29)11-35(26(20)38)16-6-5-7-40-12-16)32-24-17(10-30-36(22)24)25(37)33-23-18-13-41-14-19(18)23/h8-11,16,18-19,23H,5-7,12-14H2,1-4H3,(H,31,32)(H,33,37)/t16?,18-,19+,23+. The van der Waals surface area contributed by atoms with Gasteiger partial charge in [-0.3, -0.25) is 14.5 Å². The van der Waals surface area contributed by atoms with Crippen LogP contribution in [-0.2, 0) is 14.2 Å². The number of nitrogens with zero attached hydrogens (tertiary/aromatic N) is 5. The Morgan fingerprint density at radius 1 is 1.17 bits per heavy atom. The van der Waals surface area contributed by atoms with Crippen molar-refractivity contribution in [3.8, 4) is 0 Å². The van der Waals surface area contributed by atoms with Gasteiger partial charge in [0.05, 0.1) is 37.1 Å². The van der Waals surface area contributed by atoms with Gasteiger partial charge in [-0.05, 0) is 39.7 Å². The monoisotopic (exact) mass is 599 g/mol. The van der Waals surface area contributed by atoms with Gasteiger partial charge in [-0.25, -0.2) is 9.78 Å². The van der Waals surface area contributed by atoms with E-state index in [9.17, 15) is 14.4 Å². The van der Waals surface area contributed by atoms with Crippen molar-refractivity contribution in [3.63, 3.8) is 0 Å². The van der Waals surface area contributed by atoms with Gasteiger partial charge in [-0.15, -0.1) is 0 Å². The number of amides is 2. The number of nitrogens with one attached hydrogen (secondary N) is 2. The molecule has 0 spiro atoms. The summed E-state index contributed by atoms with van der Waals surface area (Å²) in [6.07, 6.45) is 4.02. The average molecular weight is 600 g/mol. The minimum Gasteiger partial charge on any atom is -0.443 e. The fraction of sp³-hybridized carbons (Fsp3) is 0.536. The maximum Gasteiger partial charge on any atom is 0.415 e. The van der Waals surface area contributed by atoms with E-state index >= 15 is 0 Å². The van der Waals surface area contributed by atoms with Crippen molar-refractivity contribution in [2.75, 3.05) is 43.7 Å². The van der Waals surface area contributed by atoms with E-state index in [1.165, 1.54) is 28.7 Å². The van der Waals surface area contributed by atoms with Crippen LogP contribution in [0.15, 0.2) is 29.3 Å². The topological polar surface area (TPSA) is 141 Å². The zero-order chi connectivity index (χ0) is 29.8. The Bertz CT molecular complexity index is 1580. The molecule has 0 radical (unpaired) electrons. The Hall–Kier alpha value is -3.68. The molecular weight excluding hydrogens is 566 g/mol. The molecule has 0 bridgehead atoms. The summed E-state index contributed by atoms with van der Waals surface area (Å²) in [4.78, 5) is 45.8. The highest BCUT2D eigenvalue weighted by atomic mass is 35.5. The number of anilines is 3. The lowest BCUT2D eigenvalue weighted by Gasteiger charge is -2.25. The van der Waals surface area contributed by atoms with Gasteiger partial charge in [-0.1, -0.05) is 11.6 Å². The first-order valence-electron chi connectivity index (χ1n) is 14.0. The van der Waals surface area contributed by atoms with Crippen LogP contribution in [0.3, 0.4) is 0 Å². The second-order valence-electron chi connectivity index (χ2n) is 12.0. The molecule has 3 aliphatic rings. The summed E-state index contributed by atoms with van der Waals surface area (Å²) in [5.74, 6) is 0.784. The molecule has 3 aromatic rings. The highest BCUT2D eigenvalue weighted by Gasteiger charge is 2.55. The zero-order valence-electron chi connectivity index (χ0n) is 23.9. The number of hydrogen-bond acceptors (Lipinski definition) is 9. The molecule has 13 nitrogen and oxygen atoms in total. The number of ether oxygens (including phenoxy) is 3. The summed E-state index contributed by atoms with van der Waals surface area (Å²) in [5, 5.41) is 10.9. The van der Waals surface area contributed by atoms with Crippen LogP contribution in [-0.4, -0.2) is 76.3 Å². The maximum atomic E-state index is 13.5. The second kappa shape index (κ2) is 10.9. The fourth-order valence-electron chi connectivity index (χ4n) is 5.53. The Morgan fingerprint density at radius 3 is 2.62 bits per heavy atom. The number of fused-ring (bicyclic) bond motifs is 2. The molecule has 14 heteroatoms. The van der Waals surface area contributed by atoms with Gasteiger partial charge in [0.1, 0.15) is 28.5 Å². The minimum atomic E-state index is -0.742. The molecule has 3 aromatic heterocycles. The molecule has 0 aromatic carbocycles. The summed E-state index contributed by atoms with van der Waals surface area (Å²) in [7, 11) is 1.54. The van der Waals surface area contributed by atoms with Gasteiger partial charge in [0.15, 0.2) is 5.65 Å². The summed E-state index contributed by atoms with van der Waals surface area (Å²) < 4.78 is 19.6. The number of halogens is 1. The molecule has 2 saturated heterocycles. The lowest BCUT2D eigenvalue weighted by molar-refractivity contribution is 0.0580. The highest BCUT2D eigenvalue weighted by Crippen LogP contribution is 2.44. The van der Waals surface area contributed by atoms with Crippen LogP contribution < -0.4 is 21.1 Å². The molecule has 2 N–H and O–H groups in total. The number of hydrogen-bond donors (Lipinski definition) is 2. The second-order valence-corrected chi connectivity index (χ2v) is 12.4. The summed E-state index contributed by atoms with van der Waals surface area (Å²) >= 11 is 6.42. The van der Waals surface area contributed by atoms with E-state index in [1.807, 2.05) is 0 Å². The third-order valence-corrected chi connectivity index (χ3v) is 7.97. The smallest absolute Gasteiger partial charge is 0.415 e. The Morgan fingerprint density at radius 2 is 1.93 bits per heavy atom. The lowest BCUT2D eigenvalue weighted by atomic mass is 10.1. The maximum absolute atomic E-state index is 13.5. The summed E-state index contributed by atoms with van der Waals surface area (Å²) in [6.45, 7) is 7.64. The Labute approximate surface area is 247 Å². The van der Waals surface area contributed by atoms with Crippen LogP contribution in [0, 0.1) is 11.8 Å². The Kier molecular flexibility index (Phi) is 7.36. The van der Waals surface area contributed by atoms with Crippen molar-refractivity contribution in [2.24, 2.45) is 11.8 Å². The van der Waals surface area contributed by atoms with E-state index in [0.717, 1.165) is 12.8 Å². The number of rotatable bonds is 6. The SMILES string of the molecule is CN(C(=O)OC(C)(C)C)c1cc(Nc2cc(Cl)cn(C3CCCOC3)c2=O)nc2c(C(=O)N[C@H]3[C@@H]4COC[C@@H]43)cnn12. The van der Waals surface area contributed by atoms with E-state index in [0.29, 0.717) is 43.3 Å². The van der Waals surface area contributed by atoms with Crippen LogP contribution >= 0.6 is 11.6 Å². The Balaban J connectivity index is 1.38. The molecule has 2 amide bonds. The van der Waals surface area contributed by atoms with Crippen molar-refractivity contribution in [2.45, 2.75) is 51.3 Å². The van der Waals surface area contributed by atoms with Crippen LogP contribution in [0.2, 0.25) is 5.02 Å². The fourth-order valence-corrected chi connectivity index (χ4v) is 5.74.